The number of hydrogen-bond donors (Lipinski definition) is 2. The van der Waals surface area contributed by atoms with E-state index in [-0.39, 0.29) is 22.3 Å². The third-order valence-corrected chi connectivity index (χ3v) is 6.56. The predicted octanol–water partition coefficient (Wildman–Crippen LogP) is 3.87. The number of carbonyl (C=O) groups excluding carboxylic acids is 3. The zero-order valence-corrected chi connectivity index (χ0v) is 19.7. The molecule has 1 aliphatic rings. The summed E-state index contributed by atoms with van der Waals surface area (Å²) in [4.78, 5) is 37.6. The first-order valence-corrected chi connectivity index (χ1v) is 11.4. The zero-order chi connectivity index (χ0) is 23.3. The van der Waals surface area contributed by atoms with Gasteiger partial charge >= 0.3 is 5.97 Å². The van der Waals surface area contributed by atoms with Crippen LogP contribution in [0.3, 0.4) is 0 Å². The van der Waals surface area contributed by atoms with Gasteiger partial charge in [0.15, 0.2) is 0 Å². The Labute approximate surface area is 198 Å². The number of benzene rings is 2. The molecule has 7 nitrogen and oxygen atoms in total. The van der Waals surface area contributed by atoms with Crippen molar-refractivity contribution >= 4 is 51.2 Å². The van der Waals surface area contributed by atoms with Crippen LogP contribution in [-0.2, 0) is 19.1 Å². The van der Waals surface area contributed by atoms with Gasteiger partial charge in [-0.05, 0) is 46.1 Å². The second-order valence-corrected chi connectivity index (χ2v) is 8.89. The number of esters is 1. The molecule has 1 aliphatic heterocycles. The maximum absolute atomic E-state index is 12.8. The number of nitrogens with one attached hydrogen (secondary N) is 2. The Balaban J connectivity index is 1.86. The van der Waals surface area contributed by atoms with Crippen molar-refractivity contribution in [3.05, 3.63) is 74.7 Å². The molecule has 2 aromatic carbocycles. The summed E-state index contributed by atoms with van der Waals surface area (Å²) in [5.41, 5.74) is 2.52. The molecule has 9 heteroatoms. The number of halogens is 1. The van der Waals surface area contributed by atoms with Gasteiger partial charge in [0.25, 0.3) is 0 Å². The van der Waals surface area contributed by atoms with Crippen LogP contribution in [0.1, 0.15) is 17.0 Å². The van der Waals surface area contributed by atoms with Crippen LogP contribution in [-0.4, -0.2) is 30.6 Å². The molecule has 1 heterocycles. The van der Waals surface area contributed by atoms with E-state index in [2.05, 4.69) is 32.6 Å². The Hall–Kier alpha value is -3.09. The normalized spacial score (nSPS) is 17.9. The van der Waals surface area contributed by atoms with E-state index in [0.717, 1.165) is 21.8 Å². The topological polar surface area (TPSA) is 108 Å². The van der Waals surface area contributed by atoms with Crippen LogP contribution in [0.25, 0.3) is 0 Å². The lowest BCUT2D eigenvalue weighted by Gasteiger charge is -2.30. The summed E-state index contributed by atoms with van der Waals surface area (Å²) in [5, 5.41) is 15.6. The largest absolute Gasteiger partial charge is 0.468 e. The highest BCUT2D eigenvalue weighted by molar-refractivity contribution is 9.10. The molecule has 164 valence electrons. The van der Waals surface area contributed by atoms with Crippen LogP contribution in [0.2, 0.25) is 0 Å². The lowest BCUT2D eigenvalue weighted by molar-refractivity contribution is -0.150. The first kappa shape index (κ1) is 23.6. The summed E-state index contributed by atoms with van der Waals surface area (Å²) >= 11 is 4.45. The highest BCUT2D eigenvalue weighted by atomic mass is 79.9. The van der Waals surface area contributed by atoms with Crippen LogP contribution >= 0.6 is 27.7 Å². The van der Waals surface area contributed by atoms with E-state index in [4.69, 9.17) is 4.74 Å². The Morgan fingerprint density at radius 1 is 1.25 bits per heavy atom. The quantitative estimate of drug-likeness (QED) is 0.448. The smallest absolute Gasteiger partial charge is 0.319 e. The Morgan fingerprint density at radius 2 is 1.97 bits per heavy atom. The fraction of sp³-hybridized carbons (Fsp3) is 0.217. The van der Waals surface area contributed by atoms with E-state index in [0.29, 0.717) is 11.3 Å². The maximum Gasteiger partial charge on any atom is 0.319 e. The van der Waals surface area contributed by atoms with Gasteiger partial charge in [-0.25, -0.2) is 0 Å². The number of hydrogen-bond acceptors (Lipinski definition) is 6. The fourth-order valence-electron chi connectivity index (χ4n) is 3.39. The number of carbonyl (C=O) groups is 3. The zero-order valence-electron chi connectivity index (χ0n) is 17.3. The number of rotatable bonds is 6. The second-order valence-electron chi connectivity index (χ2n) is 7.05. The fourth-order valence-corrected chi connectivity index (χ4v) is 4.83. The van der Waals surface area contributed by atoms with Gasteiger partial charge in [0.1, 0.15) is 5.92 Å². The Bertz CT molecular complexity index is 1130. The van der Waals surface area contributed by atoms with E-state index in [1.54, 1.807) is 36.4 Å². The van der Waals surface area contributed by atoms with E-state index in [1.807, 2.05) is 19.1 Å². The summed E-state index contributed by atoms with van der Waals surface area (Å²) in [7, 11) is 1.20. The number of nitriles is 1. The number of nitrogens with zero attached hydrogens (tertiary/aromatic N) is 1. The van der Waals surface area contributed by atoms with E-state index in [9.17, 15) is 19.6 Å². The minimum atomic E-state index is -1.20. The number of ether oxygens (including phenoxy) is 1. The number of aryl methyl sites for hydroxylation is 1. The molecule has 32 heavy (non-hydrogen) atoms. The lowest BCUT2D eigenvalue weighted by atomic mass is 9.78. The van der Waals surface area contributed by atoms with Crippen LogP contribution in [0, 0.1) is 24.2 Å². The highest BCUT2D eigenvalue weighted by Crippen LogP contribution is 2.40. The van der Waals surface area contributed by atoms with Crippen molar-refractivity contribution in [2.45, 2.75) is 12.8 Å². The van der Waals surface area contributed by atoms with E-state index >= 15 is 0 Å². The van der Waals surface area contributed by atoms with Crippen molar-refractivity contribution in [2.24, 2.45) is 5.92 Å². The van der Waals surface area contributed by atoms with Gasteiger partial charge in [-0.2, -0.15) is 5.26 Å². The molecule has 3 rings (SSSR count). The first-order valence-electron chi connectivity index (χ1n) is 9.62. The molecule has 2 N–H and O–H groups in total. The van der Waals surface area contributed by atoms with Crippen molar-refractivity contribution in [1.29, 1.82) is 5.26 Å². The van der Waals surface area contributed by atoms with Crippen molar-refractivity contribution in [3.8, 4) is 6.07 Å². The molecule has 2 atom stereocenters. The molecule has 0 bridgehead atoms. The summed E-state index contributed by atoms with van der Waals surface area (Å²) in [6.45, 7) is 1.94. The van der Waals surface area contributed by atoms with Crippen molar-refractivity contribution < 1.29 is 19.1 Å². The average Bonchev–Trinajstić information content (AvgIpc) is 2.79. The van der Waals surface area contributed by atoms with Gasteiger partial charge in [-0.3, -0.25) is 14.4 Å². The predicted molar refractivity (Wildman–Crippen MR) is 125 cm³/mol. The molecule has 0 spiro atoms. The third kappa shape index (κ3) is 5.21. The van der Waals surface area contributed by atoms with Crippen LogP contribution in [0.4, 0.5) is 5.69 Å². The number of methoxy groups -OCH3 is 1. The standard InChI is InChI=1S/C23H20BrN3O4S/c1-13-8-9-17(16(24)10-13)26-18(28)12-32-22-15(11-25)19(14-6-4-3-5-7-14)20(21(29)27-22)23(30)31-2/h3-10,19-20H,12H2,1-2H3,(H,26,28)(H,27,29)/t19-,20-/m0/s1. The minimum absolute atomic E-state index is 0.0362. The van der Waals surface area contributed by atoms with Gasteiger partial charge in [0.05, 0.1) is 35.2 Å². The molecule has 0 unspecified atom stereocenters. The van der Waals surface area contributed by atoms with Crippen LogP contribution < -0.4 is 10.6 Å². The van der Waals surface area contributed by atoms with Gasteiger partial charge in [-0.15, -0.1) is 0 Å². The summed E-state index contributed by atoms with van der Waals surface area (Å²) in [5.74, 6) is -3.64. The Morgan fingerprint density at radius 3 is 2.59 bits per heavy atom. The van der Waals surface area contributed by atoms with E-state index in [1.165, 1.54) is 7.11 Å². The average molecular weight is 514 g/mol. The van der Waals surface area contributed by atoms with Gasteiger partial charge in [0, 0.05) is 10.4 Å². The molecule has 0 saturated carbocycles. The van der Waals surface area contributed by atoms with Gasteiger partial charge in [0.2, 0.25) is 11.8 Å². The van der Waals surface area contributed by atoms with Crippen molar-refractivity contribution in [2.75, 3.05) is 18.2 Å². The minimum Gasteiger partial charge on any atom is -0.468 e. The summed E-state index contributed by atoms with van der Waals surface area (Å²) in [6.07, 6.45) is 0. The maximum atomic E-state index is 12.8. The second kappa shape index (κ2) is 10.5. The third-order valence-electron chi connectivity index (χ3n) is 4.89. The van der Waals surface area contributed by atoms with Crippen LogP contribution in [0.5, 0.6) is 0 Å². The SMILES string of the molecule is COC(=O)[C@@H]1C(=O)NC(SCC(=O)Nc2ccc(C)cc2Br)=C(C#N)[C@@H]1c1ccccc1. The van der Waals surface area contributed by atoms with Crippen molar-refractivity contribution in [1.82, 2.24) is 5.32 Å². The Kier molecular flexibility index (Phi) is 7.72. The van der Waals surface area contributed by atoms with Gasteiger partial charge in [-0.1, -0.05) is 48.2 Å². The summed E-state index contributed by atoms with van der Waals surface area (Å²) in [6, 6.07) is 16.5. The number of anilines is 1. The molecule has 0 aliphatic carbocycles. The molecule has 0 saturated heterocycles. The molecular formula is C23H20BrN3O4S. The highest BCUT2D eigenvalue weighted by Gasteiger charge is 2.44. The number of thioether (sulfide) groups is 1. The van der Waals surface area contributed by atoms with Crippen LogP contribution in [0.15, 0.2) is 63.6 Å². The summed E-state index contributed by atoms with van der Waals surface area (Å²) < 4.78 is 5.57. The molecule has 0 aromatic heterocycles. The molecule has 2 aromatic rings. The van der Waals surface area contributed by atoms with E-state index < -0.39 is 23.7 Å². The molecular weight excluding hydrogens is 494 g/mol. The number of allylic oxidation sites excluding steroid dienone is 1. The number of amides is 2. The molecule has 2 amide bonds. The monoisotopic (exact) mass is 513 g/mol. The molecule has 0 fully saturated rings. The molecule has 0 radical (unpaired) electrons. The lowest BCUT2D eigenvalue weighted by Crippen LogP contribution is -2.44. The van der Waals surface area contributed by atoms with Crippen molar-refractivity contribution in [3.63, 3.8) is 0 Å². The van der Waals surface area contributed by atoms with Gasteiger partial charge < -0.3 is 15.4 Å². The first-order chi connectivity index (χ1) is 15.3.